The summed E-state index contributed by atoms with van der Waals surface area (Å²) in [5, 5.41) is 3.20. The van der Waals surface area contributed by atoms with E-state index in [1.165, 1.54) is 17.5 Å². The minimum absolute atomic E-state index is 0.104. The van der Waals surface area contributed by atoms with Crippen molar-refractivity contribution in [2.24, 2.45) is 5.92 Å². The van der Waals surface area contributed by atoms with Crippen molar-refractivity contribution in [1.82, 2.24) is 10.2 Å². The zero-order valence-corrected chi connectivity index (χ0v) is 15.6. The second kappa shape index (κ2) is 9.07. The van der Waals surface area contributed by atoms with Gasteiger partial charge in [-0.15, -0.1) is 0 Å². The Hall–Kier alpha value is -1.55. The lowest BCUT2D eigenvalue weighted by Crippen LogP contribution is -2.41. The normalized spacial score (nSPS) is 15.8. The minimum Gasteiger partial charge on any atom is -0.484 e. The number of nitrogens with one attached hydrogen (secondary N) is 1. The summed E-state index contributed by atoms with van der Waals surface area (Å²) >= 11 is 0. The van der Waals surface area contributed by atoms with Crippen molar-refractivity contribution in [2.75, 3.05) is 33.3 Å². The van der Waals surface area contributed by atoms with Crippen LogP contribution in [0.4, 0.5) is 0 Å². The summed E-state index contributed by atoms with van der Waals surface area (Å²) in [6, 6.07) is 6.11. The van der Waals surface area contributed by atoms with Crippen LogP contribution >= 0.6 is 0 Å². The van der Waals surface area contributed by atoms with E-state index < -0.39 is 0 Å². The van der Waals surface area contributed by atoms with E-state index in [9.17, 15) is 4.79 Å². The number of ether oxygens (including phenoxy) is 1. The van der Waals surface area contributed by atoms with E-state index in [1.54, 1.807) is 0 Å². The van der Waals surface area contributed by atoms with Crippen molar-refractivity contribution >= 4 is 5.91 Å². The van der Waals surface area contributed by atoms with Crippen LogP contribution in [0, 0.1) is 12.8 Å². The lowest BCUT2D eigenvalue weighted by molar-refractivity contribution is -0.134. The number of likely N-dealkylation sites (tertiary alicyclic amines) is 1. The molecule has 1 fully saturated rings. The van der Waals surface area contributed by atoms with Crippen LogP contribution in [0.2, 0.25) is 0 Å². The van der Waals surface area contributed by atoms with Gasteiger partial charge in [0.2, 0.25) is 0 Å². The van der Waals surface area contributed by atoms with E-state index in [1.807, 2.05) is 24.1 Å². The summed E-state index contributed by atoms with van der Waals surface area (Å²) in [6.07, 6.45) is 3.42. The highest BCUT2D eigenvalue weighted by Crippen LogP contribution is 2.24. The van der Waals surface area contributed by atoms with Crippen LogP contribution in [0.15, 0.2) is 18.2 Å². The van der Waals surface area contributed by atoms with Crippen molar-refractivity contribution < 1.29 is 9.53 Å². The molecule has 0 aliphatic carbocycles. The highest BCUT2D eigenvalue weighted by Gasteiger charge is 2.22. The first kappa shape index (κ1) is 18.8. The first-order chi connectivity index (χ1) is 11.5. The Labute approximate surface area is 146 Å². The average Bonchev–Trinajstić information content (AvgIpc) is 2.58. The largest absolute Gasteiger partial charge is 0.484 e. The molecule has 134 valence electrons. The molecule has 1 aromatic rings. The highest BCUT2D eigenvalue weighted by molar-refractivity contribution is 5.77. The molecule has 0 saturated carbocycles. The number of aryl methyl sites for hydroxylation is 1. The Morgan fingerprint density at radius 1 is 1.33 bits per heavy atom. The average molecular weight is 332 g/mol. The molecule has 0 unspecified atom stereocenters. The van der Waals surface area contributed by atoms with Gasteiger partial charge in [0.1, 0.15) is 5.75 Å². The molecular weight excluding hydrogens is 300 g/mol. The van der Waals surface area contributed by atoms with Gasteiger partial charge in [0.25, 0.3) is 5.91 Å². The van der Waals surface area contributed by atoms with E-state index in [0.717, 1.165) is 44.1 Å². The lowest BCUT2D eigenvalue weighted by atomic mass is 9.93. The van der Waals surface area contributed by atoms with Crippen LogP contribution in [0.1, 0.15) is 50.2 Å². The van der Waals surface area contributed by atoms with Gasteiger partial charge in [-0.25, -0.2) is 0 Å². The van der Waals surface area contributed by atoms with Gasteiger partial charge in [0.05, 0.1) is 0 Å². The first-order valence-corrected chi connectivity index (χ1v) is 9.17. The van der Waals surface area contributed by atoms with Crippen molar-refractivity contribution in [3.8, 4) is 5.75 Å². The number of rotatable bonds is 7. The molecule has 1 aliphatic rings. The number of amides is 1. The molecule has 1 amide bonds. The Balaban J connectivity index is 1.78. The van der Waals surface area contributed by atoms with Gasteiger partial charge in [-0.1, -0.05) is 19.9 Å². The third-order valence-corrected chi connectivity index (χ3v) is 5.00. The number of hydrogen-bond acceptors (Lipinski definition) is 3. The maximum atomic E-state index is 12.3. The molecule has 0 spiro atoms. The number of benzene rings is 1. The maximum Gasteiger partial charge on any atom is 0.260 e. The quantitative estimate of drug-likeness (QED) is 0.832. The van der Waals surface area contributed by atoms with Gasteiger partial charge in [-0.2, -0.15) is 0 Å². The van der Waals surface area contributed by atoms with Gasteiger partial charge >= 0.3 is 0 Å². The smallest absolute Gasteiger partial charge is 0.260 e. The molecular formula is C20H32N2O2. The van der Waals surface area contributed by atoms with Crippen LogP contribution in [0.5, 0.6) is 5.75 Å². The lowest BCUT2D eigenvalue weighted by Gasteiger charge is -2.32. The summed E-state index contributed by atoms with van der Waals surface area (Å²) in [4.78, 5) is 14.3. The molecule has 1 heterocycles. The molecule has 24 heavy (non-hydrogen) atoms. The van der Waals surface area contributed by atoms with Crippen LogP contribution < -0.4 is 10.1 Å². The van der Waals surface area contributed by atoms with Gasteiger partial charge in [0, 0.05) is 13.1 Å². The standard InChI is InChI=1S/C20H32N2O2/c1-15(2)19-6-5-18(13-16(19)3)24-14-20(23)22-11-8-17(9-12-22)7-10-21-4/h5-6,13,15,17,21H,7-12,14H2,1-4H3. The molecule has 1 aromatic carbocycles. The van der Waals surface area contributed by atoms with Gasteiger partial charge < -0.3 is 15.0 Å². The molecule has 1 saturated heterocycles. The van der Waals surface area contributed by atoms with E-state index in [4.69, 9.17) is 4.74 Å². The third kappa shape index (κ3) is 5.23. The fourth-order valence-corrected chi connectivity index (χ4v) is 3.44. The zero-order chi connectivity index (χ0) is 17.5. The molecule has 4 nitrogen and oxygen atoms in total. The Morgan fingerprint density at radius 2 is 2.04 bits per heavy atom. The number of nitrogens with zero attached hydrogens (tertiary/aromatic N) is 1. The fourth-order valence-electron chi connectivity index (χ4n) is 3.44. The topological polar surface area (TPSA) is 41.6 Å². The Bertz CT molecular complexity index is 534. The zero-order valence-electron chi connectivity index (χ0n) is 15.6. The highest BCUT2D eigenvalue weighted by atomic mass is 16.5. The van der Waals surface area contributed by atoms with Crippen molar-refractivity contribution in [3.05, 3.63) is 29.3 Å². The van der Waals surface area contributed by atoms with Crippen molar-refractivity contribution in [3.63, 3.8) is 0 Å². The van der Waals surface area contributed by atoms with E-state index in [-0.39, 0.29) is 12.5 Å². The van der Waals surface area contributed by atoms with E-state index in [2.05, 4.69) is 32.2 Å². The van der Waals surface area contributed by atoms with Crippen LogP contribution in [-0.4, -0.2) is 44.1 Å². The van der Waals surface area contributed by atoms with Gasteiger partial charge in [-0.05, 0) is 74.9 Å². The second-order valence-corrected chi connectivity index (χ2v) is 7.18. The number of carbonyl (C=O) groups excluding carboxylic acids is 1. The summed E-state index contributed by atoms with van der Waals surface area (Å²) in [6.45, 7) is 9.40. The summed E-state index contributed by atoms with van der Waals surface area (Å²) in [7, 11) is 1.99. The fraction of sp³-hybridized carbons (Fsp3) is 0.650. The number of carbonyl (C=O) groups is 1. The third-order valence-electron chi connectivity index (χ3n) is 5.00. The SMILES string of the molecule is CNCCC1CCN(C(=O)COc2ccc(C(C)C)c(C)c2)CC1. The van der Waals surface area contributed by atoms with Gasteiger partial charge in [0.15, 0.2) is 6.61 Å². The summed E-state index contributed by atoms with van der Waals surface area (Å²) in [5.74, 6) is 2.14. The van der Waals surface area contributed by atoms with Crippen LogP contribution in [0.25, 0.3) is 0 Å². The molecule has 1 aliphatic heterocycles. The molecule has 0 radical (unpaired) electrons. The molecule has 4 heteroatoms. The number of hydrogen-bond donors (Lipinski definition) is 1. The molecule has 1 N–H and O–H groups in total. The van der Waals surface area contributed by atoms with Crippen LogP contribution in [0.3, 0.4) is 0 Å². The molecule has 2 rings (SSSR count). The Morgan fingerprint density at radius 3 is 2.62 bits per heavy atom. The molecule has 0 atom stereocenters. The van der Waals surface area contributed by atoms with Crippen LogP contribution in [-0.2, 0) is 4.79 Å². The molecule has 0 aromatic heterocycles. The van der Waals surface area contributed by atoms with E-state index >= 15 is 0 Å². The Kier molecular flexibility index (Phi) is 7.10. The monoisotopic (exact) mass is 332 g/mol. The maximum absolute atomic E-state index is 12.3. The van der Waals surface area contributed by atoms with Crippen molar-refractivity contribution in [2.45, 2.75) is 46.0 Å². The van der Waals surface area contributed by atoms with Gasteiger partial charge in [-0.3, -0.25) is 4.79 Å². The summed E-state index contributed by atoms with van der Waals surface area (Å²) < 4.78 is 5.73. The predicted molar refractivity (Wildman–Crippen MR) is 98.6 cm³/mol. The van der Waals surface area contributed by atoms with Crippen molar-refractivity contribution in [1.29, 1.82) is 0 Å². The second-order valence-electron chi connectivity index (χ2n) is 7.18. The predicted octanol–water partition coefficient (Wildman–Crippen LogP) is 3.35. The molecule has 0 bridgehead atoms. The minimum atomic E-state index is 0.104. The first-order valence-electron chi connectivity index (χ1n) is 9.17. The summed E-state index contributed by atoms with van der Waals surface area (Å²) in [5.41, 5.74) is 2.55. The number of piperidine rings is 1. The van der Waals surface area contributed by atoms with E-state index in [0.29, 0.717) is 5.92 Å².